The molecule has 0 aromatic heterocycles. The molecule has 0 amide bonds. The van der Waals surface area contributed by atoms with E-state index in [4.69, 9.17) is 14.3 Å². The third-order valence-electron chi connectivity index (χ3n) is 1.10. The zero-order chi connectivity index (χ0) is 7.82. The largest absolute Gasteiger partial charge is 0.382 e. The number of hydrogen-bond donors (Lipinski definition) is 1. The molecule has 62 valence electrons. The van der Waals surface area contributed by atoms with E-state index in [9.17, 15) is 0 Å². The van der Waals surface area contributed by atoms with Crippen LogP contribution in [0.15, 0.2) is 0 Å². The number of methoxy groups -OCH3 is 2. The van der Waals surface area contributed by atoms with Crippen LogP contribution in [0.2, 0.25) is 0 Å². The van der Waals surface area contributed by atoms with Crippen molar-refractivity contribution in [3.05, 3.63) is 0 Å². The van der Waals surface area contributed by atoms with E-state index in [-0.39, 0.29) is 6.10 Å². The Balaban J connectivity index is 3.21. The lowest BCUT2D eigenvalue weighted by Gasteiger charge is -2.12. The Bertz CT molecular complexity index is 70.0. The maximum atomic E-state index is 5.00. The Hall–Kier alpha value is -0.160. The Labute approximate surface area is 61.4 Å². The first-order valence-electron chi connectivity index (χ1n) is 3.15. The van der Waals surface area contributed by atoms with Crippen molar-refractivity contribution in [1.29, 1.82) is 0 Å². The number of hydroxylamine groups is 1. The molecule has 0 saturated heterocycles. The second-order valence-corrected chi connectivity index (χ2v) is 1.83. The Morgan fingerprint density at radius 1 is 1.30 bits per heavy atom. The third-order valence-corrected chi connectivity index (χ3v) is 1.10. The molecule has 0 aliphatic rings. The smallest absolute Gasteiger partial charge is 0.106 e. The van der Waals surface area contributed by atoms with Crippen molar-refractivity contribution in [2.75, 3.05) is 34.5 Å². The number of hydrogen-bond acceptors (Lipinski definition) is 4. The van der Waals surface area contributed by atoms with Crippen LogP contribution in [0.3, 0.4) is 0 Å². The minimum atomic E-state index is 0.0115. The van der Waals surface area contributed by atoms with Crippen LogP contribution in [0.5, 0.6) is 0 Å². The molecule has 1 atom stereocenters. The first kappa shape index (κ1) is 9.84. The van der Waals surface area contributed by atoms with Crippen molar-refractivity contribution in [3.8, 4) is 0 Å². The molecule has 0 saturated carbocycles. The standard InChI is InChI=1S/C6H15NO3/c1-7-10-5-6(9-3)4-8-2/h6-7H,4-5H2,1-3H3. The first-order valence-corrected chi connectivity index (χ1v) is 3.15. The minimum Gasteiger partial charge on any atom is -0.382 e. The normalized spacial score (nSPS) is 13.5. The molecule has 0 fully saturated rings. The van der Waals surface area contributed by atoms with Crippen LogP contribution in [-0.4, -0.2) is 40.6 Å². The van der Waals surface area contributed by atoms with Gasteiger partial charge in [0.1, 0.15) is 6.10 Å². The predicted octanol–water partition coefficient (Wildman–Crippen LogP) is -0.201. The van der Waals surface area contributed by atoms with Gasteiger partial charge in [-0.1, -0.05) is 0 Å². The van der Waals surface area contributed by atoms with E-state index in [2.05, 4.69) is 5.48 Å². The topological polar surface area (TPSA) is 39.7 Å². The van der Waals surface area contributed by atoms with Crippen LogP contribution in [0.25, 0.3) is 0 Å². The molecule has 0 radical (unpaired) electrons. The summed E-state index contributed by atoms with van der Waals surface area (Å²) in [6.07, 6.45) is 0.0115. The molecule has 0 aromatic rings. The molecule has 10 heavy (non-hydrogen) atoms. The summed E-state index contributed by atoms with van der Waals surface area (Å²) in [4.78, 5) is 4.88. The molecule has 0 heterocycles. The second kappa shape index (κ2) is 6.95. The van der Waals surface area contributed by atoms with Crippen LogP contribution < -0.4 is 5.48 Å². The summed E-state index contributed by atoms with van der Waals surface area (Å²) in [6, 6.07) is 0. The Kier molecular flexibility index (Phi) is 6.84. The lowest BCUT2D eigenvalue weighted by molar-refractivity contribution is -0.0551. The van der Waals surface area contributed by atoms with Gasteiger partial charge in [-0.2, -0.15) is 0 Å². The zero-order valence-corrected chi connectivity index (χ0v) is 6.72. The van der Waals surface area contributed by atoms with Crippen LogP contribution in [-0.2, 0) is 14.3 Å². The fourth-order valence-electron chi connectivity index (χ4n) is 0.546. The van der Waals surface area contributed by atoms with Gasteiger partial charge in [0.25, 0.3) is 0 Å². The maximum Gasteiger partial charge on any atom is 0.106 e. The summed E-state index contributed by atoms with van der Waals surface area (Å²) in [5.41, 5.74) is 2.56. The highest BCUT2D eigenvalue weighted by atomic mass is 16.7. The van der Waals surface area contributed by atoms with E-state index in [0.29, 0.717) is 13.2 Å². The van der Waals surface area contributed by atoms with Crippen molar-refractivity contribution >= 4 is 0 Å². The van der Waals surface area contributed by atoms with Crippen molar-refractivity contribution in [2.24, 2.45) is 0 Å². The quantitative estimate of drug-likeness (QED) is 0.531. The minimum absolute atomic E-state index is 0.0115. The average Bonchev–Trinajstić information content (AvgIpc) is 1.98. The number of rotatable bonds is 6. The van der Waals surface area contributed by atoms with Crippen molar-refractivity contribution in [2.45, 2.75) is 6.10 Å². The van der Waals surface area contributed by atoms with E-state index >= 15 is 0 Å². The molecule has 0 aromatic carbocycles. The lowest BCUT2D eigenvalue weighted by Crippen LogP contribution is -2.26. The van der Waals surface area contributed by atoms with Crippen molar-refractivity contribution in [1.82, 2.24) is 5.48 Å². The summed E-state index contributed by atoms with van der Waals surface area (Å²) in [7, 11) is 4.97. The average molecular weight is 149 g/mol. The Morgan fingerprint density at radius 3 is 2.40 bits per heavy atom. The molecule has 0 spiro atoms. The number of nitrogens with one attached hydrogen (secondary N) is 1. The van der Waals surface area contributed by atoms with E-state index in [1.807, 2.05) is 0 Å². The van der Waals surface area contributed by atoms with E-state index in [1.165, 1.54) is 0 Å². The Morgan fingerprint density at radius 2 is 2.00 bits per heavy atom. The molecule has 4 nitrogen and oxygen atoms in total. The summed E-state index contributed by atoms with van der Waals surface area (Å²) >= 11 is 0. The molecule has 0 bridgehead atoms. The summed E-state index contributed by atoms with van der Waals surface area (Å²) in [6.45, 7) is 1.05. The van der Waals surface area contributed by atoms with Gasteiger partial charge in [-0.3, -0.25) is 4.84 Å². The van der Waals surface area contributed by atoms with Gasteiger partial charge in [0.2, 0.25) is 0 Å². The van der Waals surface area contributed by atoms with Crippen LogP contribution in [0.1, 0.15) is 0 Å². The molecule has 0 aliphatic heterocycles. The maximum absolute atomic E-state index is 5.00. The van der Waals surface area contributed by atoms with Crippen LogP contribution in [0, 0.1) is 0 Å². The van der Waals surface area contributed by atoms with E-state index < -0.39 is 0 Å². The van der Waals surface area contributed by atoms with Crippen LogP contribution in [0.4, 0.5) is 0 Å². The monoisotopic (exact) mass is 149 g/mol. The highest BCUT2D eigenvalue weighted by Gasteiger charge is 2.05. The van der Waals surface area contributed by atoms with Gasteiger partial charge in [0.05, 0.1) is 13.2 Å². The van der Waals surface area contributed by atoms with Gasteiger partial charge in [-0.25, -0.2) is 5.48 Å². The molecule has 0 aliphatic carbocycles. The SMILES string of the molecule is CNOCC(COC)OC. The van der Waals surface area contributed by atoms with E-state index in [1.54, 1.807) is 21.3 Å². The molecule has 4 heteroatoms. The molecular formula is C6H15NO3. The van der Waals surface area contributed by atoms with Gasteiger partial charge in [0, 0.05) is 21.3 Å². The van der Waals surface area contributed by atoms with Gasteiger partial charge in [-0.15, -0.1) is 0 Å². The van der Waals surface area contributed by atoms with Crippen molar-refractivity contribution in [3.63, 3.8) is 0 Å². The number of ether oxygens (including phenoxy) is 2. The molecule has 0 rings (SSSR count). The van der Waals surface area contributed by atoms with Gasteiger partial charge < -0.3 is 9.47 Å². The zero-order valence-electron chi connectivity index (χ0n) is 6.72. The molecular weight excluding hydrogens is 134 g/mol. The van der Waals surface area contributed by atoms with Crippen LogP contribution >= 0.6 is 0 Å². The lowest BCUT2D eigenvalue weighted by atomic mass is 10.4. The van der Waals surface area contributed by atoms with Crippen molar-refractivity contribution < 1.29 is 14.3 Å². The highest BCUT2D eigenvalue weighted by molar-refractivity contribution is 4.51. The summed E-state index contributed by atoms with van der Waals surface area (Å²) in [5.74, 6) is 0. The summed E-state index contributed by atoms with van der Waals surface area (Å²) < 4.78 is 9.86. The van der Waals surface area contributed by atoms with Gasteiger partial charge in [0.15, 0.2) is 0 Å². The first-order chi connectivity index (χ1) is 4.85. The summed E-state index contributed by atoms with van der Waals surface area (Å²) in [5, 5.41) is 0. The van der Waals surface area contributed by atoms with Gasteiger partial charge >= 0.3 is 0 Å². The highest BCUT2D eigenvalue weighted by Crippen LogP contribution is 1.89. The van der Waals surface area contributed by atoms with Gasteiger partial charge in [-0.05, 0) is 0 Å². The third kappa shape index (κ3) is 4.69. The molecule has 1 unspecified atom stereocenters. The second-order valence-electron chi connectivity index (χ2n) is 1.83. The molecule has 1 N–H and O–H groups in total. The van der Waals surface area contributed by atoms with E-state index in [0.717, 1.165) is 0 Å². The fraction of sp³-hybridized carbons (Fsp3) is 1.00. The predicted molar refractivity (Wildman–Crippen MR) is 37.7 cm³/mol. The fourth-order valence-corrected chi connectivity index (χ4v) is 0.546.